The van der Waals surface area contributed by atoms with Gasteiger partial charge in [0.25, 0.3) is 0 Å². The Bertz CT molecular complexity index is 461. The highest BCUT2D eigenvalue weighted by Gasteiger charge is 2.08. The molecule has 0 aliphatic heterocycles. The number of halogens is 2. The van der Waals surface area contributed by atoms with Crippen LogP contribution in [-0.2, 0) is 9.63 Å². The predicted molar refractivity (Wildman–Crippen MR) is 73.1 cm³/mol. The van der Waals surface area contributed by atoms with E-state index in [0.29, 0.717) is 35.0 Å². The van der Waals surface area contributed by atoms with Crippen LogP contribution < -0.4 is 5.73 Å². The van der Waals surface area contributed by atoms with Gasteiger partial charge in [-0.15, -0.1) is 0 Å². The van der Waals surface area contributed by atoms with Crippen LogP contribution in [-0.4, -0.2) is 18.7 Å². The lowest BCUT2D eigenvalue weighted by atomic mass is 10.0. The molecule has 0 fully saturated rings. The van der Waals surface area contributed by atoms with Crippen molar-refractivity contribution in [3.8, 4) is 0 Å². The summed E-state index contributed by atoms with van der Waals surface area (Å²) in [6.45, 7) is 0. The van der Waals surface area contributed by atoms with Crippen LogP contribution >= 0.6 is 23.2 Å². The number of benzene rings is 1. The van der Waals surface area contributed by atoms with Crippen LogP contribution in [0.2, 0.25) is 10.0 Å². The minimum Gasteiger partial charge on any atom is -0.399 e. The molecule has 1 aromatic carbocycles. The number of oxime groups is 1. The number of nitrogens with zero attached hydrogens (tertiary/aromatic N) is 1. The Morgan fingerprint density at radius 1 is 1.33 bits per heavy atom. The van der Waals surface area contributed by atoms with Crippen LogP contribution in [0.3, 0.4) is 0 Å². The fourth-order valence-corrected chi connectivity index (χ4v) is 1.76. The van der Waals surface area contributed by atoms with Gasteiger partial charge in [-0.2, -0.15) is 0 Å². The Labute approximate surface area is 116 Å². The lowest BCUT2D eigenvalue weighted by Crippen LogP contribution is -2.11. The molecule has 1 aromatic rings. The molecule has 0 aliphatic carbocycles. The first-order chi connectivity index (χ1) is 8.54. The largest absolute Gasteiger partial charge is 0.399 e. The van der Waals surface area contributed by atoms with Crippen molar-refractivity contribution in [3.63, 3.8) is 0 Å². The van der Waals surface area contributed by atoms with E-state index in [1.165, 1.54) is 7.11 Å². The number of carbonyl (C=O) groups is 1. The zero-order valence-corrected chi connectivity index (χ0v) is 11.5. The fourth-order valence-electron chi connectivity index (χ4n) is 1.46. The normalized spacial score (nSPS) is 11.4. The summed E-state index contributed by atoms with van der Waals surface area (Å²) in [6, 6.07) is 5.21. The zero-order valence-electron chi connectivity index (χ0n) is 9.95. The molecule has 0 heterocycles. The molecule has 0 saturated heterocycles. The van der Waals surface area contributed by atoms with E-state index < -0.39 is 0 Å². The molecule has 0 spiro atoms. The second kappa shape index (κ2) is 7.24. The number of amides is 1. The summed E-state index contributed by atoms with van der Waals surface area (Å²) in [5.41, 5.74) is 6.61. The maximum Gasteiger partial charge on any atom is 0.217 e. The highest BCUT2D eigenvalue weighted by atomic mass is 35.5. The molecule has 6 heteroatoms. The maximum absolute atomic E-state index is 10.7. The first kappa shape index (κ1) is 14.8. The van der Waals surface area contributed by atoms with Crippen LogP contribution in [0.5, 0.6) is 0 Å². The van der Waals surface area contributed by atoms with E-state index in [-0.39, 0.29) is 5.91 Å². The van der Waals surface area contributed by atoms with Crippen molar-refractivity contribution in [1.29, 1.82) is 0 Å². The summed E-state index contributed by atoms with van der Waals surface area (Å²) >= 11 is 11.8. The average molecular weight is 289 g/mol. The standard InChI is InChI=1S/C12H14Cl2N2O2/c1-18-16-11(3-2-4-12(15)17)8-5-6-9(13)10(14)7-8/h5-7H,2-4H2,1H3,(H2,15,17). The van der Waals surface area contributed by atoms with Crippen LogP contribution in [0.25, 0.3) is 0 Å². The number of rotatable bonds is 6. The van der Waals surface area contributed by atoms with E-state index in [0.717, 1.165) is 5.56 Å². The van der Waals surface area contributed by atoms with Gasteiger partial charge in [0.1, 0.15) is 7.11 Å². The van der Waals surface area contributed by atoms with E-state index in [2.05, 4.69) is 5.16 Å². The summed E-state index contributed by atoms with van der Waals surface area (Å²) in [5.74, 6) is -0.332. The van der Waals surface area contributed by atoms with Crippen LogP contribution in [0.4, 0.5) is 0 Å². The van der Waals surface area contributed by atoms with Crippen LogP contribution in [0.15, 0.2) is 23.4 Å². The third kappa shape index (κ3) is 4.55. The minimum atomic E-state index is -0.332. The molecule has 0 aromatic heterocycles. The van der Waals surface area contributed by atoms with Gasteiger partial charge in [-0.25, -0.2) is 0 Å². The maximum atomic E-state index is 10.7. The van der Waals surface area contributed by atoms with Crippen molar-refractivity contribution >= 4 is 34.8 Å². The summed E-state index contributed by atoms with van der Waals surface area (Å²) in [4.78, 5) is 15.5. The third-order valence-corrected chi connectivity index (χ3v) is 3.03. The van der Waals surface area contributed by atoms with Gasteiger partial charge in [0.2, 0.25) is 5.91 Å². The number of nitrogens with two attached hydrogens (primary N) is 1. The summed E-state index contributed by atoms with van der Waals surface area (Å²) in [7, 11) is 1.46. The first-order valence-electron chi connectivity index (χ1n) is 5.38. The molecule has 0 radical (unpaired) electrons. The van der Waals surface area contributed by atoms with Crippen molar-refractivity contribution in [1.82, 2.24) is 0 Å². The lowest BCUT2D eigenvalue weighted by molar-refractivity contribution is -0.118. The molecule has 18 heavy (non-hydrogen) atoms. The molecule has 98 valence electrons. The van der Waals surface area contributed by atoms with Gasteiger partial charge in [-0.3, -0.25) is 4.79 Å². The Hall–Kier alpha value is -1.26. The second-order valence-electron chi connectivity index (χ2n) is 3.67. The van der Waals surface area contributed by atoms with Crippen molar-refractivity contribution in [2.45, 2.75) is 19.3 Å². The lowest BCUT2D eigenvalue weighted by Gasteiger charge is -2.06. The van der Waals surface area contributed by atoms with Crippen molar-refractivity contribution in [2.24, 2.45) is 10.9 Å². The number of primary amides is 1. The van der Waals surface area contributed by atoms with Gasteiger partial charge in [-0.1, -0.05) is 34.4 Å². The number of hydrogen-bond acceptors (Lipinski definition) is 3. The molecule has 0 bridgehead atoms. The zero-order chi connectivity index (χ0) is 13.5. The van der Waals surface area contributed by atoms with Gasteiger partial charge in [0.15, 0.2) is 0 Å². The predicted octanol–water partition coefficient (Wildman–Crippen LogP) is 3.00. The Morgan fingerprint density at radius 2 is 2.06 bits per heavy atom. The summed E-state index contributed by atoms with van der Waals surface area (Å²) in [5, 5.41) is 4.86. The van der Waals surface area contributed by atoms with Gasteiger partial charge < -0.3 is 10.6 Å². The van der Waals surface area contributed by atoms with E-state index in [9.17, 15) is 4.79 Å². The Balaban J connectivity index is 2.81. The van der Waals surface area contributed by atoms with Crippen molar-refractivity contribution in [3.05, 3.63) is 33.8 Å². The highest BCUT2D eigenvalue weighted by Crippen LogP contribution is 2.23. The highest BCUT2D eigenvalue weighted by molar-refractivity contribution is 6.42. The van der Waals surface area contributed by atoms with Crippen molar-refractivity contribution in [2.75, 3.05) is 7.11 Å². The van der Waals surface area contributed by atoms with Gasteiger partial charge >= 0.3 is 0 Å². The smallest absolute Gasteiger partial charge is 0.217 e. The van der Waals surface area contributed by atoms with E-state index >= 15 is 0 Å². The molecule has 1 rings (SSSR count). The quantitative estimate of drug-likeness (QED) is 0.646. The molecule has 0 aliphatic rings. The van der Waals surface area contributed by atoms with Gasteiger partial charge in [0, 0.05) is 12.0 Å². The molecule has 0 saturated carbocycles. The van der Waals surface area contributed by atoms with Crippen LogP contribution in [0, 0.1) is 0 Å². The molecule has 0 atom stereocenters. The SMILES string of the molecule is CON=C(CCCC(N)=O)c1ccc(Cl)c(Cl)c1. The molecule has 4 nitrogen and oxygen atoms in total. The minimum absolute atomic E-state index is 0.310. The van der Waals surface area contributed by atoms with E-state index in [4.69, 9.17) is 33.8 Å². The molecule has 1 amide bonds. The summed E-state index contributed by atoms with van der Waals surface area (Å²) in [6.07, 6.45) is 1.50. The summed E-state index contributed by atoms with van der Waals surface area (Å²) < 4.78 is 0. The molecular formula is C12H14Cl2N2O2. The topological polar surface area (TPSA) is 64.7 Å². The molecular weight excluding hydrogens is 275 g/mol. The van der Waals surface area contributed by atoms with Crippen LogP contribution in [0.1, 0.15) is 24.8 Å². The average Bonchev–Trinajstić information content (AvgIpc) is 2.31. The Morgan fingerprint density at radius 3 is 2.61 bits per heavy atom. The van der Waals surface area contributed by atoms with E-state index in [1.807, 2.05) is 0 Å². The number of hydrogen-bond donors (Lipinski definition) is 1. The van der Waals surface area contributed by atoms with Gasteiger partial charge in [0.05, 0.1) is 15.8 Å². The monoisotopic (exact) mass is 288 g/mol. The first-order valence-corrected chi connectivity index (χ1v) is 6.14. The Kier molecular flexibility index (Phi) is 5.95. The molecule has 0 unspecified atom stereocenters. The second-order valence-corrected chi connectivity index (χ2v) is 4.48. The third-order valence-electron chi connectivity index (χ3n) is 2.29. The van der Waals surface area contributed by atoms with Gasteiger partial charge in [-0.05, 0) is 25.0 Å². The van der Waals surface area contributed by atoms with E-state index in [1.54, 1.807) is 18.2 Å². The molecule has 2 N–H and O–H groups in total. The fraction of sp³-hybridized carbons (Fsp3) is 0.333. The number of carbonyl (C=O) groups excluding carboxylic acids is 1. The van der Waals surface area contributed by atoms with Crippen molar-refractivity contribution < 1.29 is 9.63 Å².